The number of hydrogen-bond acceptors (Lipinski definition) is 4. The van der Waals surface area contributed by atoms with Crippen molar-refractivity contribution in [3.8, 4) is 0 Å². The molecule has 0 radical (unpaired) electrons. The SMILES string of the molecule is CCNCc1cnc(C2(C)CCCO2)nc1. The van der Waals surface area contributed by atoms with Crippen LogP contribution in [0.15, 0.2) is 12.4 Å². The highest BCUT2D eigenvalue weighted by Crippen LogP contribution is 2.32. The predicted octanol–water partition coefficient (Wildman–Crippen LogP) is 1.61. The van der Waals surface area contributed by atoms with Crippen LogP contribution >= 0.6 is 0 Å². The molecule has 4 nitrogen and oxygen atoms in total. The molecule has 1 saturated heterocycles. The second-order valence-electron chi connectivity index (χ2n) is 4.38. The molecular formula is C12H19N3O. The highest BCUT2D eigenvalue weighted by molar-refractivity contribution is 5.09. The van der Waals surface area contributed by atoms with E-state index in [0.717, 1.165) is 43.9 Å². The summed E-state index contributed by atoms with van der Waals surface area (Å²) in [6, 6.07) is 0. The van der Waals surface area contributed by atoms with Crippen molar-refractivity contribution in [2.75, 3.05) is 13.2 Å². The van der Waals surface area contributed by atoms with Crippen LogP contribution in [0.4, 0.5) is 0 Å². The Kier molecular flexibility index (Phi) is 3.51. The largest absolute Gasteiger partial charge is 0.367 e. The summed E-state index contributed by atoms with van der Waals surface area (Å²) in [6.07, 6.45) is 5.88. The van der Waals surface area contributed by atoms with Gasteiger partial charge in [0, 0.05) is 31.1 Å². The minimum Gasteiger partial charge on any atom is -0.367 e. The van der Waals surface area contributed by atoms with Gasteiger partial charge in [0.1, 0.15) is 5.60 Å². The van der Waals surface area contributed by atoms with E-state index in [-0.39, 0.29) is 5.60 Å². The van der Waals surface area contributed by atoms with Gasteiger partial charge in [0.25, 0.3) is 0 Å². The highest BCUT2D eigenvalue weighted by atomic mass is 16.5. The molecule has 1 fully saturated rings. The molecule has 4 heteroatoms. The maximum absolute atomic E-state index is 5.71. The third kappa shape index (κ3) is 2.39. The lowest BCUT2D eigenvalue weighted by Gasteiger charge is -2.20. The molecule has 1 N–H and O–H groups in total. The van der Waals surface area contributed by atoms with E-state index < -0.39 is 0 Å². The maximum atomic E-state index is 5.71. The van der Waals surface area contributed by atoms with Gasteiger partial charge in [-0.1, -0.05) is 6.92 Å². The van der Waals surface area contributed by atoms with Crippen molar-refractivity contribution in [2.45, 2.75) is 38.8 Å². The Bertz CT molecular complexity index is 331. The average molecular weight is 221 g/mol. The fraction of sp³-hybridized carbons (Fsp3) is 0.667. The van der Waals surface area contributed by atoms with Crippen LogP contribution in [0.25, 0.3) is 0 Å². The molecule has 1 aromatic heterocycles. The average Bonchev–Trinajstić information content (AvgIpc) is 2.75. The Hall–Kier alpha value is -1.00. The van der Waals surface area contributed by atoms with Gasteiger partial charge in [0.15, 0.2) is 5.82 Å². The van der Waals surface area contributed by atoms with Gasteiger partial charge in [-0.15, -0.1) is 0 Å². The van der Waals surface area contributed by atoms with Gasteiger partial charge in [-0.05, 0) is 26.3 Å². The molecule has 1 aromatic rings. The van der Waals surface area contributed by atoms with Crippen LogP contribution in [0.2, 0.25) is 0 Å². The molecule has 0 spiro atoms. The van der Waals surface area contributed by atoms with Gasteiger partial charge in [0.05, 0.1) is 0 Å². The van der Waals surface area contributed by atoms with E-state index in [1.807, 2.05) is 12.4 Å². The highest BCUT2D eigenvalue weighted by Gasteiger charge is 2.34. The molecule has 1 atom stereocenters. The summed E-state index contributed by atoms with van der Waals surface area (Å²) in [5.41, 5.74) is 0.851. The van der Waals surface area contributed by atoms with Crippen LogP contribution in [-0.4, -0.2) is 23.1 Å². The van der Waals surface area contributed by atoms with Gasteiger partial charge in [-0.2, -0.15) is 0 Å². The van der Waals surface area contributed by atoms with Gasteiger partial charge in [-0.3, -0.25) is 0 Å². The second-order valence-corrected chi connectivity index (χ2v) is 4.38. The van der Waals surface area contributed by atoms with Crippen molar-refractivity contribution in [1.29, 1.82) is 0 Å². The number of nitrogens with one attached hydrogen (secondary N) is 1. The summed E-state index contributed by atoms with van der Waals surface area (Å²) >= 11 is 0. The Morgan fingerprint density at radius 1 is 1.44 bits per heavy atom. The van der Waals surface area contributed by atoms with Crippen LogP contribution in [0.1, 0.15) is 38.1 Å². The van der Waals surface area contributed by atoms with Crippen molar-refractivity contribution in [1.82, 2.24) is 15.3 Å². The molecule has 0 amide bonds. The fourth-order valence-electron chi connectivity index (χ4n) is 1.94. The van der Waals surface area contributed by atoms with Crippen molar-refractivity contribution < 1.29 is 4.74 Å². The summed E-state index contributed by atoms with van der Waals surface area (Å²) in [7, 11) is 0. The molecule has 88 valence electrons. The standard InChI is InChI=1S/C12H19N3O/c1-3-13-7-10-8-14-11(15-9-10)12(2)5-4-6-16-12/h8-9,13H,3-7H2,1-2H3. The zero-order valence-corrected chi connectivity index (χ0v) is 9.99. The second kappa shape index (κ2) is 4.89. The van der Waals surface area contributed by atoms with E-state index in [0.29, 0.717) is 0 Å². The molecule has 2 rings (SSSR count). The maximum Gasteiger partial charge on any atom is 0.159 e. The van der Waals surface area contributed by atoms with E-state index in [4.69, 9.17) is 4.74 Å². The lowest BCUT2D eigenvalue weighted by atomic mass is 10.0. The van der Waals surface area contributed by atoms with Crippen molar-refractivity contribution in [3.05, 3.63) is 23.8 Å². The molecular weight excluding hydrogens is 202 g/mol. The quantitative estimate of drug-likeness (QED) is 0.839. The van der Waals surface area contributed by atoms with E-state index in [1.165, 1.54) is 0 Å². The Morgan fingerprint density at radius 2 is 2.19 bits per heavy atom. The number of hydrogen-bond donors (Lipinski definition) is 1. The van der Waals surface area contributed by atoms with Gasteiger partial charge in [0.2, 0.25) is 0 Å². The van der Waals surface area contributed by atoms with Crippen LogP contribution in [0.3, 0.4) is 0 Å². The number of nitrogens with zero attached hydrogens (tertiary/aromatic N) is 2. The molecule has 16 heavy (non-hydrogen) atoms. The molecule has 0 saturated carbocycles. The monoisotopic (exact) mass is 221 g/mol. The van der Waals surface area contributed by atoms with Gasteiger partial charge < -0.3 is 10.1 Å². The zero-order valence-electron chi connectivity index (χ0n) is 9.99. The molecule has 2 heterocycles. The number of ether oxygens (including phenoxy) is 1. The first-order chi connectivity index (χ1) is 7.74. The Morgan fingerprint density at radius 3 is 2.75 bits per heavy atom. The smallest absolute Gasteiger partial charge is 0.159 e. The van der Waals surface area contributed by atoms with E-state index >= 15 is 0 Å². The lowest BCUT2D eigenvalue weighted by Crippen LogP contribution is -2.23. The Balaban J connectivity index is 2.06. The van der Waals surface area contributed by atoms with Crippen LogP contribution < -0.4 is 5.32 Å². The third-order valence-electron chi connectivity index (χ3n) is 2.98. The first kappa shape index (κ1) is 11.5. The zero-order chi connectivity index (χ0) is 11.4. The molecule has 0 bridgehead atoms. The molecule has 0 aliphatic carbocycles. The Labute approximate surface area is 96.4 Å². The van der Waals surface area contributed by atoms with Crippen LogP contribution in [0, 0.1) is 0 Å². The fourth-order valence-corrected chi connectivity index (χ4v) is 1.94. The topological polar surface area (TPSA) is 47.0 Å². The van der Waals surface area contributed by atoms with Crippen LogP contribution in [0.5, 0.6) is 0 Å². The normalized spacial score (nSPS) is 24.9. The summed E-state index contributed by atoms with van der Waals surface area (Å²) < 4.78 is 5.71. The van der Waals surface area contributed by atoms with E-state index in [1.54, 1.807) is 0 Å². The number of rotatable bonds is 4. The van der Waals surface area contributed by atoms with Gasteiger partial charge in [-0.25, -0.2) is 9.97 Å². The summed E-state index contributed by atoms with van der Waals surface area (Å²) in [5.74, 6) is 0.810. The first-order valence-corrected chi connectivity index (χ1v) is 5.91. The number of aromatic nitrogens is 2. The molecule has 1 aliphatic rings. The summed E-state index contributed by atoms with van der Waals surface area (Å²) in [6.45, 7) is 6.76. The van der Waals surface area contributed by atoms with E-state index in [9.17, 15) is 0 Å². The lowest BCUT2D eigenvalue weighted by molar-refractivity contribution is 0.00927. The van der Waals surface area contributed by atoms with Crippen molar-refractivity contribution in [2.24, 2.45) is 0 Å². The minimum atomic E-state index is -0.267. The van der Waals surface area contributed by atoms with Gasteiger partial charge >= 0.3 is 0 Å². The van der Waals surface area contributed by atoms with Crippen LogP contribution in [-0.2, 0) is 16.9 Å². The van der Waals surface area contributed by atoms with E-state index in [2.05, 4.69) is 29.1 Å². The third-order valence-corrected chi connectivity index (χ3v) is 2.98. The summed E-state index contributed by atoms with van der Waals surface area (Å²) in [5, 5.41) is 3.25. The van der Waals surface area contributed by atoms with Crippen molar-refractivity contribution in [3.63, 3.8) is 0 Å². The first-order valence-electron chi connectivity index (χ1n) is 5.91. The molecule has 1 aliphatic heterocycles. The summed E-state index contributed by atoms with van der Waals surface area (Å²) in [4.78, 5) is 8.82. The predicted molar refractivity (Wildman–Crippen MR) is 62.0 cm³/mol. The molecule has 1 unspecified atom stereocenters. The minimum absolute atomic E-state index is 0.267. The van der Waals surface area contributed by atoms with Crippen molar-refractivity contribution >= 4 is 0 Å². The molecule has 0 aromatic carbocycles.